The molecule has 2 heterocycles. The lowest BCUT2D eigenvalue weighted by Crippen LogP contribution is -2.09. The highest BCUT2D eigenvalue weighted by Crippen LogP contribution is 2.23. The second-order valence-corrected chi connectivity index (χ2v) is 5.59. The average molecular weight is 290 g/mol. The van der Waals surface area contributed by atoms with Crippen molar-refractivity contribution in [2.45, 2.75) is 0 Å². The lowest BCUT2D eigenvalue weighted by Gasteiger charge is -1.95. The number of hydrogen-bond donors (Lipinski definition) is 1. The molecule has 0 aliphatic rings. The van der Waals surface area contributed by atoms with Crippen LogP contribution in [0.15, 0.2) is 21.7 Å². The molecule has 0 aliphatic carbocycles. The fraction of sp³-hybridized carbons (Fsp3) is 0. The molecule has 1 amide bonds. The molecule has 7 heteroatoms. The molecular weight excluding hydrogens is 286 g/mol. The molecule has 2 aromatic heterocycles. The van der Waals surface area contributed by atoms with E-state index in [-0.39, 0.29) is 5.91 Å². The molecule has 4 nitrogen and oxygen atoms in total. The Morgan fingerprint density at radius 3 is 2.93 bits per heavy atom. The molecule has 2 rings (SSSR count). The summed E-state index contributed by atoms with van der Waals surface area (Å²) in [5.41, 5.74) is 1.62. The van der Waals surface area contributed by atoms with Crippen molar-refractivity contribution in [3.05, 3.63) is 26.6 Å². The third kappa shape index (κ3) is 2.17. The molecule has 0 unspecified atom stereocenters. The van der Waals surface area contributed by atoms with Crippen LogP contribution in [0.2, 0.25) is 0 Å². The van der Waals surface area contributed by atoms with Gasteiger partial charge in [-0.15, -0.1) is 11.3 Å². The van der Waals surface area contributed by atoms with Crippen LogP contribution in [-0.2, 0) is 0 Å². The molecule has 2 aromatic rings. The number of anilines is 1. The highest BCUT2D eigenvalue weighted by atomic mass is 79.9. The van der Waals surface area contributed by atoms with E-state index in [9.17, 15) is 4.79 Å². The van der Waals surface area contributed by atoms with Gasteiger partial charge in [0.2, 0.25) is 0 Å². The van der Waals surface area contributed by atoms with Crippen molar-refractivity contribution in [1.29, 1.82) is 0 Å². The Morgan fingerprint density at radius 2 is 2.36 bits per heavy atom. The minimum atomic E-state index is -0.172. The van der Waals surface area contributed by atoms with Crippen molar-refractivity contribution in [3.8, 4) is 0 Å². The van der Waals surface area contributed by atoms with Gasteiger partial charge in [-0.3, -0.25) is 15.1 Å². The van der Waals surface area contributed by atoms with E-state index in [1.165, 1.54) is 28.9 Å². The first-order chi connectivity index (χ1) is 6.75. The molecule has 14 heavy (non-hydrogen) atoms. The third-order valence-corrected chi connectivity index (χ3v) is 3.52. The summed E-state index contributed by atoms with van der Waals surface area (Å²) >= 11 is 5.94. The van der Waals surface area contributed by atoms with Crippen molar-refractivity contribution >= 4 is 49.6 Å². The zero-order chi connectivity index (χ0) is 9.97. The summed E-state index contributed by atoms with van der Waals surface area (Å²) in [5, 5.41) is 3.25. The zero-order valence-electron chi connectivity index (χ0n) is 6.73. The maximum absolute atomic E-state index is 11.5. The van der Waals surface area contributed by atoms with Gasteiger partial charge in [-0.05, 0) is 15.9 Å². The lowest BCUT2D eigenvalue weighted by molar-refractivity contribution is 0.103. The Morgan fingerprint density at radius 1 is 1.50 bits per heavy atom. The minimum absolute atomic E-state index is 0.172. The van der Waals surface area contributed by atoms with E-state index >= 15 is 0 Å². The fourth-order valence-corrected chi connectivity index (χ4v) is 2.42. The zero-order valence-corrected chi connectivity index (χ0v) is 9.95. The van der Waals surface area contributed by atoms with Crippen molar-refractivity contribution in [1.82, 2.24) is 9.97 Å². The van der Waals surface area contributed by atoms with Crippen LogP contribution in [0, 0.1) is 0 Å². The molecule has 0 atom stereocenters. The smallest absolute Gasteiger partial charge is 0.269 e. The molecule has 0 radical (unpaired) electrons. The Kier molecular flexibility index (Phi) is 2.90. The van der Waals surface area contributed by atoms with Gasteiger partial charge in [-0.1, -0.05) is 11.3 Å². The van der Waals surface area contributed by atoms with Crippen LogP contribution >= 0.6 is 38.6 Å². The number of nitrogens with zero attached hydrogens (tertiary/aromatic N) is 2. The Hall–Kier alpha value is -0.790. The van der Waals surface area contributed by atoms with Gasteiger partial charge in [-0.2, -0.15) is 0 Å². The summed E-state index contributed by atoms with van der Waals surface area (Å²) in [7, 11) is 0. The predicted molar refractivity (Wildman–Crippen MR) is 59.9 cm³/mol. The number of thiazole rings is 2. The van der Waals surface area contributed by atoms with Crippen LogP contribution in [0.25, 0.3) is 0 Å². The van der Waals surface area contributed by atoms with Crippen molar-refractivity contribution < 1.29 is 4.79 Å². The van der Waals surface area contributed by atoms with Crippen LogP contribution in [0.3, 0.4) is 0 Å². The quantitative estimate of drug-likeness (QED) is 0.925. The van der Waals surface area contributed by atoms with E-state index in [0.717, 1.165) is 3.79 Å². The maximum Gasteiger partial charge on any atom is 0.269 e. The van der Waals surface area contributed by atoms with E-state index < -0.39 is 0 Å². The number of nitrogens with one attached hydrogen (secondary N) is 1. The van der Waals surface area contributed by atoms with Gasteiger partial charge < -0.3 is 0 Å². The summed E-state index contributed by atoms with van der Waals surface area (Å²) in [6.07, 6.45) is 3.18. The molecule has 0 aromatic carbocycles. The number of aromatic nitrogens is 2. The lowest BCUT2D eigenvalue weighted by atomic mass is 10.5. The average Bonchev–Trinajstić information content (AvgIpc) is 2.75. The summed E-state index contributed by atoms with van der Waals surface area (Å²) in [4.78, 5) is 19.9. The SMILES string of the molecule is O=C(Nc1ncc(Br)s1)c1cncs1. The number of hydrogen-bond acceptors (Lipinski definition) is 5. The fourth-order valence-electron chi connectivity index (χ4n) is 0.799. The molecular formula is C7H4BrN3OS2. The molecule has 72 valence electrons. The Bertz CT molecular complexity index is 439. The maximum atomic E-state index is 11.5. The largest absolute Gasteiger partial charge is 0.297 e. The first-order valence-electron chi connectivity index (χ1n) is 3.57. The van der Waals surface area contributed by atoms with Gasteiger partial charge >= 0.3 is 0 Å². The van der Waals surface area contributed by atoms with Crippen LogP contribution in [0.1, 0.15) is 9.67 Å². The summed E-state index contributed by atoms with van der Waals surface area (Å²) in [6.45, 7) is 0. The molecule has 0 spiro atoms. The summed E-state index contributed by atoms with van der Waals surface area (Å²) < 4.78 is 0.886. The van der Waals surface area contributed by atoms with Gasteiger partial charge in [0.25, 0.3) is 5.91 Å². The normalized spacial score (nSPS) is 10.1. The van der Waals surface area contributed by atoms with Crippen LogP contribution in [0.4, 0.5) is 5.13 Å². The minimum Gasteiger partial charge on any atom is -0.297 e. The molecule has 0 fully saturated rings. The van der Waals surface area contributed by atoms with Gasteiger partial charge in [0.15, 0.2) is 5.13 Å². The van der Waals surface area contributed by atoms with E-state index in [0.29, 0.717) is 10.0 Å². The monoisotopic (exact) mass is 289 g/mol. The standard InChI is InChI=1S/C7H4BrN3OS2/c8-5-2-10-7(14-5)11-6(12)4-1-9-3-13-4/h1-3H,(H,10,11,12). The van der Waals surface area contributed by atoms with Crippen molar-refractivity contribution in [2.24, 2.45) is 0 Å². The van der Waals surface area contributed by atoms with E-state index in [1.807, 2.05) is 0 Å². The van der Waals surface area contributed by atoms with Gasteiger partial charge in [-0.25, -0.2) is 4.98 Å². The van der Waals surface area contributed by atoms with E-state index in [1.54, 1.807) is 11.7 Å². The van der Waals surface area contributed by atoms with Crippen molar-refractivity contribution in [3.63, 3.8) is 0 Å². The predicted octanol–water partition coefficient (Wildman–Crippen LogP) is 2.61. The number of carbonyl (C=O) groups excluding carboxylic acids is 1. The number of halogens is 1. The highest BCUT2D eigenvalue weighted by molar-refractivity contribution is 9.11. The highest BCUT2D eigenvalue weighted by Gasteiger charge is 2.09. The van der Waals surface area contributed by atoms with Crippen LogP contribution < -0.4 is 5.32 Å². The molecule has 1 N–H and O–H groups in total. The second-order valence-electron chi connectivity index (χ2n) is 2.29. The Balaban J connectivity index is 2.09. The number of amides is 1. The summed E-state index contributed by atoms with van der Waals surface area (Å²) in [6, 6.07) is 0. The molecule has 0 saturated carbocycles. The van der Waals surface area contributed by atoms with E-state index in [4.69, 9.17) is 0 Å². The first kappa shape index (κ1) is 9.75. The van der Waals surface area contributed by atoms with Crippen LogP contribution in [0.5, 0.6) is 0 Å². The van der Waals surface area contributed by atoms with Gasteiger partial charge in [0, 0.05) is 0 Å². The van der Waals surface area contributed by atoms with Crippen LogP contribution in [-0.4, -0.2) is 15.9 Å². The summed E-state index contributed by atoms with van der Waals surface area (Å²) in [5.74, 6) is -0.172. The molecule has 0 bridgehead atoms. The second kappa shape index (κ2) is 4.16. The molecule has 0 saturated heterocycles. The Labute approximate surface area is 96.2 Å². The third-order valence-electron chi connectivity index (χ3n) is 1.35. The molecule has 0 aliphatic heterocycles. The number of carbonyl (C=O) groups is 1. The topological polar surface area (TPSA) is 54.9 Å². The first-order valence-corrected chi connectivity index (χ1v) is 6.06. The van der Waals surface area contributed by atoms with E-state index in [2.05, 4.69) is 31.2 Å². The van der Waals surface area contributed by atoms with Gasteiger partial charge in [0.05, 0.1) is 21.7 Å². The van der Waals surface area contributed by atoms with Gasteiger partial charge in [0.1, 0.15) is 4.88 Å². The number of rotatable bonds is 2. The van der Waals surface area contributed by atoms with Crippen molar-refractivity contribution in [2.75, 3.05) is 5.32 Å².